The van der Waals surface area contributed by atoms with E-state index in [1.807, 2.05) is 0 Å². The second-order valence-corrected chi connectivity index (χ2v) is 4.17. The van der Waals surface area contributed by atoms with Crippen LogP contribution < -0.4 is 22.1 Å². The Morgan fingerprint density at radius 1 is 0.850 bits per heavy atom. The van der Waals surface area contributed by atoms with Crippen LogP contribution in [-0.2, 0) is 9.59 Å². The number of rotatable bonds is 10. The molecule has 0 fully saturated rings. The number of hydrogen-bond donors (Lipinski definition) is 6. The van der Waals surface area contributed by atoms with Crippen LogP contribution in [0.3, 0.4) is 0 Å². The summed E-state index contributed by atoms with van der Waals surface area (Å²) in [5, 5.41) is 19.1. The lowest BCUT2D eigenvalue weighted by molar-refractivity contribution is -0.118. The van der Waals surface area contributed by atoms with Crippen molar-refractivity contribution in [2.75, 3.05) is 13.1 Å². The Labute approximate surface area is 118 Å². The predicted octanol–water partition coefficient (Wildman–Crippen LogP) is -0.793. The van der Waals surface area contributed by atoms with Crippen molar-refractivity contribution in [3.63, 3.8) is 0 Å². The van der Waals surface area contributed by atoms with Gasteiger partial charge in [0, 0.05) is 38.1 Å². The van der Waals surface area contributed by atoms with Gasteiger partial charge in [-0.3, -0.25) is 20.4 Å². The minimum absolute atomic E-state index is 0.0831. The van der Waals surface area contributed by atoms with E-state index < -0.39 is 0 Å². The van der Waals surface area contributed by atoms with Crippen molar-refractivity contribution in [1.82, 2.24) is 10.6 Å². The van der Waals surface area contributed by atoms with E-state index in [1.54, 1.807) is 0 Å². The van der Waals surface area contributed by atoms with Gasteiger partial charge in [0.15, 0.2) is 0 Å². The molecular weight excluding hydrogens is 260 g/mol. The van der Waals surface area contributed by atoms with Crippen LogP contribution in [0.4, 0.5) is 0 Å². The van der Waals surface area contributed by atoms with Gasteiger partial charge in [-0.15, -0.1) is 0 Å². The van der Waals surface area contributed by atoms with E-state index in [-0.39, 0.29) is 23.5 Å². The summed E-state index contributed by atoms with van der Waals surface area (Å²) in [4.78, 5) is 22.6. The molecule has 0 rings (SSSR count). The molecule has 0 aliphatic carbocycles. The lowest BCUT2D eigenvalue weighted by Gasteiger charge is -2.02. The molecule has 0 heterocycles. The van der Waals surface area contributed by atoms with Gasteiger partial charge in [0.05, 0.1) is 11.7 Å². The number of amidine groups is 2. The molecule has 0 aliphatic heterocycles. The van der Waals surface area contributed by atoms with Crippen molar-refractivity contribution in [1.29, 1.82) is 10.8 Å². The molecule has 0 saturated carbocycles. The van der Waals surface area contributed by atoms with E-state index >= 15 is 0 Å². The van der Waals surface area contributed by atoms with E-state index in [0.29, 0.717) is 38.8 Å². The zero-order valence-corrected chi connectivity index (χ0v) is 11.4. The van der Waals surface area contributed by atoms with Crippen molar-refractivity contribution in [2.45, 2.75) is 25.7 Å². The Morgan fingerprint density at radius 3 is 1.50 bits per heavy atom. The Morgan fingerprint density at radius 2 is 1.20 bits per heavy atom. The molecule has 0 atom stereocenters. The topological polar surface area (TPSA) is 158 Å². The van der Waals surface area contributed by atoms with Gasteiger partial charge in [0.25, 0.3) is 0 Å². The van der Waals surface area contributed by atoms with Crippen LogP contribution in [0.1, 0.15) is 25.7 Å². The Hall–Kier alpha value is -2.38. The Balaban J connectivity index is 3.69. The van der Waals surface area contributed by atoms with E-state index in [0.717, 1.165) is 12.2 Å². The largest absolute Gasteiger partial charge is 0.388 e. The fourth-order valence-corrected chi connectivity index (χ4v) is 1.25. The molecule has 0 unspecified atom stereocenters. The molecule has 0 bridgehead atoms. The highest BCUT2D eigenvalue weighted by atomic mass is 16.2. The highest BCUT2D eigenvalue weighted by molar-refractivity contribution is 5.96. The maximum absolute atomic E-state index is 11.3. The van der Waals surface area contributed by atoms with Crippen LogP contribution in [0.5, 0.6) is 0 Å². The Bertz CT molecular complexity index is 355. The van der Waals surface area contributed by atoms with Gasteiger partial charge < -0.3 is 22.1 Å². The number of amides is 2. The molecule has 0 aromatic carbocycles. The normalized spacial score (nSPS) is 10.2. The van der Waals surface area contributed by atoms with Gasteiger partial charge in [0.2, 0.25) is 11.8 Å². The van der Waals surface area contributed by atoms with E-state index in [1.165, 1.54) is 0 Å². The lowest BCUT2D eigenvalue weighted by Crippen LogP contribution is -2.26. The second-order valence-electron chi connectivity index (χ2n) is 4.17. The highest BCUT2D eigenvalue weighted by Crippen LogP contribution is 1.86. The van der Waals surface area contributed by atoms with E-state index in [4.69, 9.17) is 22.3 Å². The first-order valence-electron chi connectivity index (χ1n) is 6.31. The quantitative estimate of drug-likeness (QED) is 0.134. The summed E-state index contributed by atoms with van der Waals surface area (Å²) in [5.74, 6) is -0.570. The molecule has 0 aromatic rings. The van der Waals surface area contributed by atoms with Gasteiger partial charge in [-0.05, 0) is 12.8 Å². The first kappa shape index (κ1) is 17.6. The molecule has 8 N–H and O–H groups in total. The molecule has 0 spiro atoms. The molecule has 0 radical (unpaired) electrons. The van der Waals surface area contributed by atoms with Crippen molar-refractivity contribution < 1.29 is 9.59 Å². The van der Waals surface area contributed by atoms with Crippen LogP contribution in [-0.4, -0.2) is 36.6 Å². The number of nitrogens with one attached hydrogen (secondary N) is 4. The molecule has 0 aliphatic rings. The maximum atomic E-state index is 11.3. The van der Waals surface area contributed by atoms with Gasteiger partial charge in [-0.2, -0.15) is 0 Å². The van der Waals surface area contributed by atoms with Gasteiger partial charge >= 0.3 is 0 Å². The van der Waals surface area contributed by atoms with E-state index in [9.17, 15) is 9.59 Å². The van der Waals surface area contributed by atoms with Crippen LogP contribution in [0.2, 0.25) is 0 Å². The third-order valence-corrected chi connectivity index (χ3v) is 2.23. The zero-order valence-electron chi connectivity index (χ0n) is 11.4. The fraction of sp³-hybridized carbons (Fsp3) is 0.500. The fourth-order valence-electron chi connectivity index (χ4n) is 1.25. The summed E-state index contributed by atoms with van der Waals surface area (Å²) >= 11 is 0. The minimum Gasteiger partial charge on any atom is -0.388 e. The van der Waals surface area contributed by atoms with Crippen LogP contribution in [0.15, 0.2) is 12.2 Å². The molecule has 2 amide bonds. The minimum atomic E-state index is -0.368. The zero-order chi connectivity index (χ0) is 15.4. The summed E-state index contributed by atoms with van der Waals surface area (Å²) in [6, 6.07) is 0. The first-order chi connectivity index (χ1) is 9.41. The smallest absolute Gasteiger partial charge is 0.244 e. The summed E-state index contributed by atoms with van der Waals surface area (Å²) < 4.78 is 0. The van der Waals surface area contributed by atoms with Gasteiger partial charge in [-0.25, -0.2) is 0 Å². The number of hydrogen-bond acceptors (Lipinski definition) is 4. The molecular formula is C12H22N6O2. The van der Waals surface area contributed by atoms with Crippen molar-refractivity contribution in [2.24, 2.45) is 11.5 Å². The molecule has 20 heavy (non-hydrogen) atoms. The molecule has 112 valence electrons. The average Bonchev–Trinajstić information content (AvgIpc) is 2.37. The molecule has 8 heteroatoms. The SMILES string of the molecule is N=C(N)CCCNC(=O)/C=C/C(=O)NCCCC(=N)N. The number of nitrogens with two attached hydrogens (primary N) is 2. The monoisotopic (exact) mass is 282 g/mol. The molecule has 8 nitrogen and oxygen atoms in total. The maximum Gasteiger partial charge on any atom is 0.244 e. The number of carbonyl (C=O) groups excluding carboxylic acids is 2. The van der Waals surface area contributed by atoms with E-state index in [2.05, 4.69) is 10.6 Å². The third-order valence-electron chi connectivity index (χ3n) is 2.23. The standard InChI is InChI=1S/C12H22N6O2/c13-9(14)3-1-7-17-11(19)5-6-12(20)18-8-2-4-10(15)16/h5-6H,1-4,7-8H2,(H3,13,14)(H3,15,16)(H,17,19)(H,18,20)/b6-5+. The predicted molar refractivity (Wildman–Crippen MR) is 77.5 cm³/mol. The third kappa shape index (κ3) is 12.1. The first-order valence-corrected chi connectivity index (χ1v) is 6.31. The highest BCUT2D eigenvalue weighted by Gasteiger charge is 1.99. The van der Waals surface area contributed by atoms with Gasteiger partial charge in [-0.1, -0.05) is 0 Å². The van der Waals surface area contributed by atoms with Crippen LogP contribution in [0, 0.1) is 10.8 Å². The average molecular weight is 282 g/mol. The van der Waals surface area contributed by atoms with Crippen molar-refractivity contribution in [3.05, 3.63) is 12.2 Å². The summed E-state index contributed by atoms with van der Waals surface area (Å²) in [5.41, 5.74) is 10.3. The number of carbonyl (C=O) groups is 2. The second kappa shape index (κ2) is 10.5. The molecule has 0 aromatic heterocycles. The lowest BCUT2D eigenvalue weighted by atomic mass is 10.3. The summed E-state index contributed by atoms with van der Waals surface area (Å²) in [6.45, 7) is 0.811. The molecule has 0 saturated heterocycles. The summed E-state index contributed by atoms with van der Waals surface area (Å²) in [6.07, 6.45) is 4.34. The van der Waals surface area contributed by atoms with Crippen molar-refractivity contribution in [3.8, 4) is 0 Å². The summed E-state index contributed by atoms with van der Waals surface area (Å²) in [7, 11) is 0. The van der Waals surface area contributed by atoms with Crippen molar-refractivity contribution >= 4 is 23.5 Å². The van der Waals surface area contributed by atoms with Crippen LogP contribution >= 0.6 is 0 Å². The van der Waals surface area contributed by atoms with Gasteiger partial charge in [0.1, 0.15) is 0 Å². The van der Waals surface area contributed by atoms with Crippen LogP contribution in [0.25, 0.3) is 0 Å². The Kier molecular flexibility index (Phi) is 9.28.